The number of amides is 1. The van der Waals surface area contributed by atoms with Crippen LogP contribution in [0.1, 0.15) is 21.5 Å². The molecule has 0 saturated carbocycles. The Labute approximate surface area is 143 Å². The van der Waals surface area contributed by atoms with Gasteiger partial charge in [-0.25, -0.2) is 5.43 Å². The van der Waals surface area contributed by atoms with Gasteiger partial charge in [-0.05, 0) is 19.1 Å². The normalized spacial score (nSPS) is 10.9. The summed E-state index contributed by atoms with van der Waals surface area (Å²) in [7, 11) is 0. The van der Waals surface area contributed by atoms with Gasteiger partial charge in [0.15, 0.2) is 0 Å². The van der Waals surface area contributed by atoms with E-state index in [1.54, 1.807) is 6.20 Å². The first-order chi connectivity index (χ1) is 12.0. The van der Waals surface area contributed by atoms with Gasteiger partial charge in [0.2, 0.25) is 0 Å². The van der Waals surface area contributed by atoms with E-state index in [1.165, 1.54) is 18.3 Å². The molecule has 0 bridgehead atoms. The number of aromatic hydroxyl groups is 2. The Balaban J connectivity index is 1.74. The molecule has 0 saturated heterocycles. The van der Waals surface area contributed by atoms with Gasteiger partial charge in [-0.2, -0.15) is 10.2 Å². The number of phenolic OH excluding ortho intramolecular Hbond substituents is 2. The Hall–Kier alpha value is -3.61. The number of aromatic amines is 1. The number of nitrogens with zero attached hydrogens (tertiary/aromatic N) is 2. The summed E-state index contributed by atoms with van der Waals surface area (Å²) in [6, 6.07) is 11.5. The lowest BCUT2D eigenvalue weighted by Gasteiger charge is -2.02. The molecule has 0 aliphatic carbocycles. The zero-order chi connectivity index (χ0) is 17.8. The minimum Gasteiger partial charge on any atom is -0.508 e. The van der Waals surface area contributed by atoms with Gasteiger partial charge in [0.1, 0.15) is 11.5 Å². The summed E-state index contributed by atoms with van der Waals surface area (Å²) in [4.78, 5) is 12.0. The van der Waals surface area contributed by atoms with Crippen molar-refractivity contribution in [2.24, 2.45) is 5.10 Å². The summed E-state index contributed by atoms with van der Waals surface area (Å²) in [6.45, 7) is 2.01. The lowest BCUT2D eigenvalue weighted by Crippen LogP contribution is -2.17. The highest BCUT2D eigenvalue weighted by molar-refractivity contribution is 5.96. The van der Waals surface area contributed by atoms with E-state index in [2.05, 4.69) is 20.7 Å². The maximum atomic E-state index is 12.0. The van der Waals surface area contributed by atoms with Gasteiger partial charge in [-0.3, -0.25) is 9.89 Å². The maximum Gasteiger partial charge on any atom is 0.271 e. The number of aryl methyl sites for hydroxylation is 1. The second kappa shape index (κ2) is 6.88. The summed E-state index contributed by atoms with van der Waals surface area (Å²) < 4.78 is 0. The van der Waals surface area contributed by atoms with Crippen molar-refractivity contribution in [1.29, 1.82) is 0 Å². The summed E-state index contributed by atoms with van der Waals surface area (Å²) >= 11 is 0. The molecule has 0 fully saturated rings. The highest BCUT2D eigenvalue weighted by Gasteiger charge is 2.08. The van der Waals surface area contributed by atoms with Crippen LogP contribution in [0.3, 0.4) is 0 Å². The van der Waals surface area contributed by atoms with Crippen molar-refractivity contribution in [2.45, 2.75) is 6.92 Å². The van der Waals surface area contributed by atoms with E-state index in [0.29, 0.717) is 5.56 Å². The Morgan fingerprint density at radius 2 is 1.84 bits per heavy atom. The zero-order valence-electron chi connectivity index (χ0n) is 13.4. The Kier molecular flexibility index (Phi) is 4.47. The Morgan fingerprint density at radius 3 is 2.52 bits per heavy atom. The average molecular weight is 336 g/mol. The standard InChI is InChI=1S/C18H16N4O3/c1-11-2-4-12(5-3-11)17-14(9-19-21-17)10-20-22-18(25)13-6-15(23)8-16(24)7-13/h2-10,23-24H,1H3,(H,19,21)(H,22,25). The van der Waals surface area contributed by atoms with Crippen molar-refractivity contribution >= 4 is 12.1 Å². The fraction of sp³-hybridized carbons (Fsp3) is 0.0556. The lowest BCUT2D eigenvalue weighted by atomic mass is 10.1. The number of hydrogen-bond acceptors (Lipinski definition) is 5. The van der Waals surface area contributed by atoms with Gasteiger partial charge in [0.05, 0.1) is 18.1 Å². The molecule has 0 radical (unpaired) electrons. The number of hydrogen-bond donors (Lipinski definition) is 4. The molecule has 1 heterocycles. The van der Waals surface area contributed by atoms with Crippen LogP contribution in [0.4, 0.5) is 0 Å². The van der Waals surface area contributed by atoms with E-state index in [-0.39, 0.29) is 17.1 Å². The van der Waals surface area contributed by atoms with E-state index in [0.717, 1.165) is 22.9 Å². The number of aromatic nitrogens is 2. The largest absolute Gasteiger partial charge is 0.508 e. The van der Waals surface area contributed by atoms with E-state index in [9.17, 15) is 15.0 Å². The second-order valence-corrected chi connectivity index (χ2v) is 5.50. The predicted molar refractivity (Wildman–Crippen MR) is 93.6 cm³/mol. The molecule has 2 aromatic carbocycles. The molecule has 4 N–H and O–H groups in total. The number of nitrogens with one attached hydrogen (secondary N) is 2. The average Bonchev–Trinajstić information content (AvgIpc) is 3.03. The van der Waals surface area contributed by atoms with Gasteiger partial charge in [-0.1, -0.05) is 29.8 Å². The Morgan fingerprint density at radius 1 is 1.16 bits per heavy atom. The van der Waals surface area contributed by atoms with E-state index < -0.39 is 5.91 Å². The number of rotatable bonds is 4. The first-order valence-corrected chi connectivity index (χ1v) is 7.50. The summed E-state index contributed by atoms with van der Waals surface area (Å²) in [6.07, 6.45) is 3.07. The summed E-state index contributed by atoms with van der Waals surface area (Å²) in [5.41, 5.74) is 6.05. The van der Waals surface area contributed by atoms with Crippen LogP contribution in [0.25, 0.3) is 11.3 Å². The van der Waals surface area contributed by atoms with Crippen molar-refractivity contribution in [3.63, 3.8) is 0 Å². The third-order valence-corrected chi connectivity index (χ3v) is 3.54. The van der Waals surface area contributed by atoms with Crippen LogP contribution in [-0.4, -0.2) is 32.5 Å². The topological polar surface area (TPSA) is 111 Å². The molecule has 1 amide bonds. The van der Waals surface area contributed by atoms with E-state index in [4.69, 9.17) is 0 Å². The lowest BCUT2D eigenvalue weighted by molar-refractivity contribution is 0.0954. The van der Waals surface area contributed by atoms with Crippen molar-refractivity contribution < 1.29 is 15.0 Å². The molecule has 1 aromatic heterocycles. The van der Waals surface area contributed by atoms with Gasteiger partial charge >= 0.3 is 0 Å². The molecule has 3 rings (SSSR count). The van der Waals surface area contributed by atoms with Crippen LogP contribution >= 0.6 is 0 Å². The van der Waals surface area contributed by atoms with Gasteiger partial charge < -0.3 is 10.2 Å². The third kappa shape index (κ3) is 3.84. The van der Waals surface area contributed by atoms with Crippen molar-refractivity contribution in [3.8, 4) is 22.8 Å². The SMILES string of the molecule is Cc1ccc(-c2[nH]ncc2C=NNC(=O)c2cc(O)cc(O)c2)cc1. The predicted octanol–water partition coefficient (Wildman–Crippen LogP) is 2.56. The van der Waals surface area contributed by atoms with Crippen LogP contribution in [0.15, 0.2) is 53.8 Å². The summed E-state index contributed by atoms with van der Waals surface area (Å²) in [5.74, 6) is -0.959. The maximum absolute atomic E-state index is 12.0. The zero-order valence-corrected chi connectivity index (χ0v) is 13.4. The first-order valence-electron chi connectivity index (χ1n) is 7.50. The molecular formula is C18H16N4O3. The van der Waals surface area contributed by atoms with Crippen LogP contribution in [0.2, 0.25) is 0 Å². The van der Waals surface area contributed by atoms with Crippen LogP contribution in [0.5, 0.6) is 11.5 Å². The van der Waals surface area contributed by atoms with Crippen LogP contribution < -0.4 is 5.43 Å². The number of H-pyrrole nitrogens is 1. The molecule has 25 heavy (non-hydrogen) atoms. The molecule has 0 aliphatic heterocycles. The molecule has 0 spiro atoms. The van der Waals surface area contributed by atoms with Crippen molar-refractivity contribution in [1.82, 2.24) is 15.6 Å². The van der Waals surface area contributed by atoms with Crippen LogP contribution in [-0.2, 0) is 0 Å². The molecule has 7 heteroatoms. The molecule has 126 valence electrons. The van der Waals surface area contributed by atoms with E-state index in [1.807, 2.05) is 31.2 Å². The number of carbonyl (C=O) groups excluding carboxylic acids is 1. The van der Waals surface area contributed by atoms with Crippen molar-refractivity contribution in [3.05, 3.63) is 65.4 Å². The quantitative estimate of drug-likeness (QED) is 0.433. The van der Waals surface area contributed by atoms with Gasteiger partial charge in [-0.15, -0.1) is 0 Å². The molecule has 3 aromatic rings. The fourth-order valence-corrected chi connectivity index (χ4v) is 2.30. The first kappa shape index (κ1) is 16.3. The van der Waals surface area contributed by atoms with Gasteiger partial charge in [0.25, 0.3) is 5.91 Å². The Bertz CT molecular complexity index is 909. The molecular weight excluding hydrogens is 320 g/mol. The number of carbonyl (C=O) groups is 1. The van der Waals surface area contributed by atoms with Crippen molar-refractivity contribution in [2.75, 3.05) is 0 Å². The summed E-state index contributed by atoms with van der Waals surface area (Å²) in [5, 5.41) is 29.6. The fourth-order valence-electron chi connectivity index (χ4n) is 2.30. The molecule has 0 aliphatic rings. The van der Waals surface area contributed by atoms with Crippen LogP contribution in [0, 0.1) is 6.92 Å². The highest BCUT2D eigenvalue weighted by atomic mass is 16.3. The molecule has 0 atom stereocenters. The number of phenols is 2. The smallest absolute Gasteiger partial charge is 0.271 e. The van der Waals surface area contributed by atoms with Gasteiger partial charge in [0, 0.05) is 22.8 Å². The number of benzene rings is 2. The monoisotopic (exact) mass is 336 g/mol. The molecule has 7 nitrogen and oxygen atoms in total. The number of hydrazone groups is 1. The van der Waals surface area contributed by atoms with E-state index >= 15 is 0 Å². The minimum absolute atomic E-state index is 0.0978. The minimum atomic E-state index is -0.553. The third-order valence-electron chi connectivity index (χ3n) is 3.54. The highest BCUT2D eigenvalue weighted by Crippen LogP contribution is 2.21. The second-order valence-electron chi connectivity index (χ2n) is 5.50. The molecule has 0 unspecified atom stereocenters.